The van der Waals surface area contributed by atoms with Crippen molar-refractivity contribution in [3.63, 3.8) is 0 Å². The van der Waals surface area contributed by atoms with Gasteiger partial charge in [0, 0.05) is 11.5 Å². The molecule has 0 spiro atoms. The predicted octanol–water partition coefficient (Wildman–Crippen LogP) is 6.98. The SMILES string of the molecule is C=C(C)c1ccc(C)cc1-c1c(O)cc(CCCCC)c(C2C=COC=C2)c1O. The molecular weight excluding hydrogens is 360 g/mol. The molecule has 152 valence electrons. The van der Waals surface area contributed by atoms with Crippen molar-refractivity contribution in [2.75, 3.05) is 0 Å². The standard InChI is InChI=1S/C26H30O3/c1-5-6-7-8-20-16-23(27)25(22-15-18(4)9-10-21(22)17(2)3)26(28)24(20)19-11-13-29-14-12-19/h9-16,19,27-28H,2,5-8H2,1,3-4H3. The third kappa shape index (κ3) is 4.40. The Kier molecular flexibility index (Phi) is 6.48. The molecule has 29 heavy (non-hydrogen) atoms. The molecule has 0 saturated heterocycles. The lowest BCUT2D eigenvalue weighted by Crippen LogP contribution is -2.04. The smallest absolute Gasteiger partial charge is 0.131 e. The van der Waals surface area contributed by atoms with Gasteiger partial charge in [-0.05, 0) is 61.6 Å². The predicted molar refractivity (Wildman–Crippen MR) is 120 cm³/mol. The first-order valence-corrected chi connectivity index (χ1v) is 10.3. The second kappa shape index (κ2) is 9.04. The molecule has 0 radical (unpaired) electrons. The molecule has 0 atom stereocenters. The second-order valence-electron chi connectivity index (χ2n) is 7.80. The van der Waals surface area contributed by atoms with E-state index in [4.69, 9.17) is 4.74 Å². The number of rotatable bonds is 7. The fraction of sp³-hybridized carbons (Fsp3) is 0.308. The van der Waals surface area contributed by atoms with Gasteiger partial charge in [0.1, 0.15) is 11.5 Å². The Labute approximate surface area is 173 Å². The Hall–Kier alpha value is -2.94. The number of ether oxygens (including phenoxy) is 1. The van der Waals surface area contributed by atoms with E-state index in [2.05, 4.69) is 13.5 Å². The van der Waals surface area contributed by atoms with E-state index < -0.39 is 0 Å². The van der Waals surface area contributed by atoms with Crippen LogP contribution >= 0.6 is 0 Å². The third-order valence-corrected chi connectivity index (χ3v) is 5.42. The first-order chi connectivity index (χ1) is 13.9. The number of allylic oxidation sites excluding steroid dienone is 3. The van der Waals surface area contributed by atoms with Gasteiger partial charge in [-0.15, -0.1) is 0 Å². The van der Waals surface area contributed by atoms with Crippen molar-refractivity contribution >= 4 is 5.57 Å². The summed E-state index contributed by atoms with van der Waals surface area (Å²) in [5.74, 6) is 0.134. The van der Waals surface area contributed by atoms with Crippen LogP contribution in [0.1, 0.15) is 61.3 Å². The van der Waals surface area contributed by atoms with Crippen molar-refractivity contribution in [3.8, 4) is 22.6 Å². The fourth-order valence-electron chi connectivity index (χ4n) is 3.93. The Balaban J connectivity index is 2.23. The summed E-state index contributed by atoms with van der Waals surface area (Å²) in [7, 11) is 0. The number of phenols is 2. The molecule has 2 aromatic carbocycles. The van der Waals surface area contributed by atoms with Gasteiger partial charge in [-0.3, -0.25) is 0 Å². The van der Waals surface area contributed by atoms with Gasteiger partial charge in [0.05, 0.1) is 18.1 Å². The van der Waals surface area contributed by atoms with E-state index in [1.807, 2.05) is 50.3 Å². The molecule has 0 saturated carbocycles. The highest BCUT2D eigenvalue weighted by molar-refractivity contribution is 5.87. The summed E-state index contributed by atoms with van der Waals surface area (Å²) in [6.07, 6.45) is 11.2. The first-order valence-electron chi connectivity index (χ1n) is 10.3. The maximum atomic E-state index is 11.4. The van der Waals surface area contributed by atoms with Gasteiger partial charge in [0.25, 0.3) is 0 Å². The van der Waals surface area contributed by atoms with E-state index in [9.17, 15) is 10.2 Å². The average Bonchev–Trinajstić information content (AvgIpc) is 2.68. The number of hydrogen-bond donors (Lipinski definition) is 2. The topological polar surface area (TPSA) is 49.7 Å². The third-order valence-electron chi connectivity index (χ3n) is 5.42. The molecular formula is C26H30O3. The van der Waals surface area contributed by atoms with Gasteiger partial charge in [-0.2, -0.15) is 0 Å². The number of benzene rings is 2. The molecule has 1 aliphatic rings. The van der Waals surface area contributed by atoms with Gasteiger partial charge in [0.15, 0.2) is 0 Å². The molecule has 3 nitrogen and oxygen atoms in total. The first kappa shape index (κ1) is 20.8. The van der Waals surface area contributed by atoms with Gasteiger partial charge < -0.3 is 14.9 Å². The number of phenolic OH excluding ortho intramolecular Hbond substituents is 2. The number of aromatic hydroxyl groups is 2. The Morgan fingerprint density at radius 3 is 2.48 bits per heavy atom. The molecule has 0 aliphatic carbocycles. The number of unbranched alkanes of at least 4 members (excludes halogenated alkanes) is 2. The lowest BCUT2D eigenvalue weighted by molar-refractivity contribution is 0.388. The summed E-state index contributed by atoms with van der Waals surface area (Å²) in [5, 5.41) is 22.4. The molecule has 0 aromatic heterocycles. The van der Waals surface area contributed by atoms with Crippen LogP contribution in [0.25, 0.3) is 16.7 Å². The van der Waals surface area contributed by atoms with Gasteiger partial charge >= 0.3 is 0 Å². The van der Waals surface area contributed by atoms with E-state index in [0.29, 0.717) is 5.56 Å². The van der Waals surface area contributed by atoms with E-state index in [0.717, 1.165) is 59.1 Å². The highest BCUT2D eigenvalue weighted by Crippen LogP contribution is 2.47. The minimum atomic E-state index is -0.0992. The zero-order chi connectivity index (χ0) is 21.0. The van der Waals surface area contributed by atoms with Crippen molar-refractivity contribution in [3.05, 3.63) is 77.8 Å². The minimum Gasteiger partial charge on any atom is -0.507 e. The fourth-order valence-corrected chi connectivity index (χ4v) is 3.93. The van der Waals surface area contributed by atoms with Crippen molar-refractivity contribution in [2.45, 2.75) is 52.4 Å². The highest BCUT2D eigenvalue weighted by Gasteiger charge is 2.24. The molecule has 0 bridgehead atoms. The maximum absolute atomic E-state index is 11.4. The second-order valence-corrected chi connectivity index (χ2v) is 7.80. The zero-order valence-electron chi connectivity index (χ0n) is 17.5. The van der Waals surface area contributed by atoms with E-state index >= 15 is 0 Å². The molecule has 0 amide bonds. The largest absolute Gasteiger partial charge is 0.507 e. The van der Waals surface area contributed by atoms with Crippen molar-refractivity contribution in [2.24, 2.45) is 0 Å². The quantitative estimate of drug-likeness (QED) is 0.501. The average molecular weight is 391 g/mol. The van der Waals surface area contributed by atoms with Crippen LogP contribution in [-0.2, 0) is 11.2 Å². The number of aryl methyl sites for hydroxylation is 2. The van der Waals surface area contributed by atoms with Crippen LogP contribution in [0.3, 0.4) is 0 Å². The minimum absolute atomic E-state index is 0.0992. The van der Waals surface area contributed by atoms with Crippen LogP contribution in [0.15, 0.2) is 55.5 Å². The maximum Gasteiger partial charge on any atom is 0.131 e. The van der Waals surface area contributed by atoms with Crippen LogP contribution in [-0.4, -0.2) is 10.2 Å². The molecule has 1 aliphatic heterocycles. The summed E-state index contributed by atoms with van der Waals surface area (Å²) >= 11 is 0. The van der Waals surface area contributed by atoms with Crippen LogP contribution in [0.4, 0.5) is 0 Å². The lowest BCUT2D eigenvalue weighted by Gasteiger charge is -2.22. The molecule has 3 rings (SSSR count). The van der Waals surface area contributed by atoms with Crippen LogP contribution in [0, 0.1) is 6.92 Å². The van der Waals surface area contributed by atoms with E-state index in [1.165, 1.54) is 0 Å². The van der Waals surface area contributed by atoms with Gasteiger partial charge in [-0.25, -0.2) is 0 Å². The highest BCUT2D eigenvalue weighted by atomic mass is 16.5. The monoisotopic (exact) mass is 390 g/mol. The van der Waals surface area contributed by atoms with E-state index in [-0.39, 0.29) is 17.4 Å². The van der Waals surface area contributed by atoms with Crippen molar-refractivity contribution in [1.82, 2.24) is 0 Å². The Morgan fingerprint density at radius 2 is 1.83 bits per heavy atom. The van der Waals surface area contributed by atoms with Crippen LogP contribution in [0.5, 0.6) is 11.5 Å². The molecule has 2 aromatic rings. The Bertz CT molecular complexity index is 954. The van der Waals surface area contributed by atoms with Crippen molar-refractivity contribution < 1.29 is 14.9 Å². The lowest BCUT2D eigenvalue weighted by atomic mass is 9.84. The molecule has 3 heteroatoms. The summed E-state index contributed by atoms with van der Waals surface area (Å²) in [6, 6.07) is 7.83. The van der Waals surface area contributed by atoms with Crippen molar-refractivity contribution in [1.29, 1.82) is 0 Å². The molecule has 2 N–H and O–H groups in total. The van der Waals surface area contributed by atoms with Gasteiger partial charge in [-0.1, -0.05) is 55.7 Å². The van der Waals surface area contributed by atoms with Crippen LogP contribution in [0.2, 0.25) is 0 Å². The summed E-state index contributed by atoms with van der Waals surface area (Å²) in [6.45, 7) is 10.2. The molecule has 0 fully saturated rings. The van der Waals surface area contributed by atoms with E-state index in [1.54, 1.807) is 12.5 Å². The summed E-state index contributed by atoms with van der Waals surface area (Å²) < 4.78 is 5.20. The normalized spacial score (nSPS) is 13.5. The summed E-state index contributed by atoms with van der Waals surface area (Å²) in [4.78, 5) is 0. The van der Waals surface area contributed by atoms with Crippen LogP contribution < -0.4 is 0 Å². The summed E-state index contributed by atoms with van der Waals surface area (Å²) in [5.41, 5.74) is 5.94. The molecule has 1 heterocycles. The Morgan fingerprint density at radius 1 is 1.10 bits per heavy atom. The molecule has 0 unspecified atom stereocenters. The number of hydrogen-bond acceptors (Lipinski definition) is 3. The van der Waals surface area contributed by atoms with Gasteiger partial charge in [0.2, 0.25) is 0 Å². The zero-order valence-corrected chi connectivity index (χ0v) is 17.5.